The largest absolute Gasteiger partial charge is 0.435 e. The minimum absolute atomic E-state index is 0.135. The summed E-state index contributed by atoms with van der Waals surface area (Å²) in [6, 6.07) is 0.704. The standard InChI is InChI=1S/C14H11ClF6N4O/c1-25-6-7(11(24-25)14(19,20)21)12(26)23-5-3-9-10(15)8(2-4-22-9)13(16,17)18/h2,4,6H,3,5H2,1H3,(H,23,26). The van der Waals surface area contributed by atoms with Crippen LogP contribution in [0.4, 0.5) is 26.3 Å². The normalized spacial score (nSPS) is 12.3. The van der Waals surface area contributed by atoms with Crippen LogP contribution in [-0.4, -0.2) is 27.2 Å². The van der Waals surface area contributed by atoms with Crippen molar-refractivity contribution in [2.45, 2.75) is 18.8 Å². The lowest BCUT2D eigenvalue weighted by Gasteiger charge is -2.12. The van der Waals surface area contributed by atoms with Crippen LogP contribution >= 0.6 is 11.6 Å². The van der Waals surface area contributed by atoms with Crippen LogP contribution in [0.15, 0.2) is 18.5 Å². The van der Waals surface area contributed by atoms with Crippen molar-refractivity contribution >= 4 is 17.5 Å². The summed E-state index contributed by atoms with van der Waals surface area (Å²) in [6.07, 6.45) is -7.88. The Balaban J connectivity index is 2.09. The fourth-order valence-electron chi connectivity index (χ4n) is 2.13. The number of nitrogens with one attached hydrogen (secondary N) is 1. The predicted molar refractivity (Wildman–Crippen MR) is 78.5 cm³/mol. The molecule has 5 nitrogen and oxygen atoms in total. The molecule has 26 heavy (non-hydrogen) atoms. The number of pyridine rings is 1. The highest BCUT2D eigenvalue weighted by molar-refractivity contribution is 6.32. The van der Waals surface area contributed by atoms with Crippen molar-refractivity contribution in [2.75, 3.05) is 6.54 Å². The lowest BCUT2D eigenvalue weighted by Crippen LogP contribution is -2.28. The first-order valence-electron chi connectivity index (χ1n) is 7.01. The van der Waals surface area contributed by atoms with Crippen LogP contribution in [0.1, 0.15) is 27.3 Å². The molecule has 0 saturated carbocycles. The van der Waals surface area contributed by atoms with Crippen molar-refractivity contribution < 1.29 is 31.1 Å². The number of nitrogens with zero attached hydrogens (tertiary/aromatic N) is 3. The fraction of sp³-hybridized carbons (Fsp3) is 0.357. The molecule has 2 heterocycles. The molecule has 2 aromatic heterocycles. The lowest BCUT2D eigenvalue weighted by molar-refractivity contribution is -0.141. The third kappa shape index (κ3) is 4.45. The number of carbonyl (C=O) groups excluding carboxylic acids is 1. The molecule has 0 aromatic carbocycles. The van der Waals surface area contributed by atoms with Gasteiger partial charge in [-0.25, -0.2) is 0 Å². The summed E-state index contributed by atoms with van der Waals surface area (Å²) in [5.41, 5.74) is -3.26. The maximum atomic E-state index is 12.8. The SMILES string of the molecule is Cn1cc(C(=O)NCCc2nccc(C(F)(F)F)c2Cl)c(C(F)(F)F)n1. The van der Waals surface area contributed by atoms with Crippen molar-refractivity contribution in [2.24, 2.45) is 7.05 Å². The van der Waals surface area contributed by atoms with E-state index in [9.17, 15) is 31.1 Å². The van der Waals surface area contributed by atoms with Gasteiger partial charge in [-0.1, -0.05) is 11.6 Å². The molecule has 0 aliphatic heterocycles. The van der Waals surface area contributed by atoms with E-state index in [1.54, 1.807) is 0 Å². The molecule has 0 spiro atoms. The molecule has 2 rings (SSSR count). The molecule has 0 unspecified atom stereocenters. The molecular formula is C14H11ClF6N4O. The van der Waals surface area contributed by atoms with Crippen LogP contribution in [0, 0.1) is 0 Å². The number of aromatic nitrogens is 3. The number of alkyl halides is 6. The van der Waals surface area contributed by atoms with E-state index in [4.69, 9.17) is 11.6 Å². The molecule has 12 heteroatoms. The maximum Gasteiger partial charge on any atom is 0.435 e. The third-order valence-corrected chi connectivity index (χ3v) is 3.68. The Labute approximate surface area is 148 Å². The molecule has 142 valence electrons. The minimum Gasteiger partial charge on any atom is -0.352 e. The van der Waals surface area contributed by atoms with Crippen LogP contribution in [0.5, 0.6) is 0 Å². The van der Waals surface area contributed by atoms with Crippen molar-refractivity contribution in [3.8, 4) is 0 Å². The number of halogens is 7. The zero-order chi connectivity index (χ0) is 19.7. The second-order valence-corrected chi connectivity index (χ2v) is 5.56. The number of carbonyl (C=O) groups is 1. The molecule has 2 aromatic rings. The lowest BCUT2D eigenvalue weighted by atomic mass is 10.1. The Morgan fingerprint density at radius 1 is 1.23 bits per heavy atom. The number of rotatable bonds is 4. The van der Waals surface area contributed by atoms with Crippen molar-refractivity contribution in [1.82, 2.24) is 20.1 Å². The maximum absolute atomic E-state index is 12.8. The van der Waals surface area contributed by atoms with Gasteiger partial charge in [0.25, 0.3) is 5.91 Å². The monoisotopic (exact) mass is 400 g/mol. The first kappa shape index (κ1) is 20.0. The van der Waals surface area contributed by atoms with Crippen LogP contribution in [-0.2, 0) is 25.8 Å². The van der Waals surface area contributed by atoms with E-state index in [2.05, 4.69) is 15.4 Å². The topological polar surface area (TPSA) is 59.8 Å². The van der Waals surface area contributed by atoms with Gasteiger partial charge in [0, 0.05) is 32.4 Å². The molecule has 1 N–H and O–H groups in total. The first-order valence-corrected chi connectivity index (χ1v) is 7.38. The van der Waals surface area contributed by atoms with E-state index >= 15 is 0 Å². The molecular weight excluding hydrogens is 390 g/mol. The average molecular weight is 401 g/mol. The molecule has 1 amide bonds. The van der Waals surface area contributed by atoms with Gasteiger partial charge < -0.3 is 5.32 Å². The summed E-state index contributed by atoms with van der Waals surface area (Å²) in [7, 11) is 1.22. The van der Waals surface area contributed by atoms with Crippen molar-refractivity contribution in [3.63, 3.8) is 0 Å². The summed E-state index contributed by atoms with van der Waals surface area (Å²) in [5.74, 6) is -1.06. The fourth-order valence-corrected chi connectivity index (χ4v) is 2.45. The second kappa shape index (κ2) is 7.14. The van der Waals surface area contributed by atoms with Crippen molar-refractivity contribution in [1.29, 1.82) is 0 Å². The van der Waals surface area contributed by atoms with Gasteiger partial charge in [-0.15, -0.1) is 0 Å². The zero-order valence-corrected chi connectivity index (χ0v) is 13.8. The molecule has 0 bridgehead atoms. The van der Waals surface area contributed by atoms with Crippen molar-refractivity contribution in [3.05, 3.63) is 46.0 Å². The Kier molecular flexibility index (Phi) is 5.49. The summed E-state index contributed by atoms with van der Waals surface area (Å²) in [6.45, 7) is -0.265. The Morgan fingerprint density at radius 2 is 1.88 bits per heavy atom. The van der Waals surface area contributed by atoms with Gasteiger partial charge in [-0.2, -0.15) is 31.4 Å². The van der Waals surface area contributed by atoms with Crippen LogP contribution < -0.4 is 5.32 Å². The van der Waals surface area contributed by atoms with E-state index in [0.29, 0.717) is 6.07 Å². The number of hydrogen-bond donors (Lipinski definition) is 1. The Hall–Kier alpha value is -2.30. The smallest absolute Gasteiger partial charge is 0.352 e. The number of amides is 1. The van der Waals surface area contributed by atoms with Gasteiger partial charge in [-0.3, -0.25) is 14.5 Å². The molecule has 0 atom stereocenters. The second-order valence-electron chi connectivity index (χ2n) is 5.19. The van der Waals surface area contributed by atoms with E-state index in [0.717, 1.165) is 17.1 Å². The summed E-state index contributed by atoms with van der Waals surface area (Å²) >= 11 is 5.66. The highest BCUT2D eigenvalue weighted by atomic mass is 35.5. The highest BCUT2D eigenvalue weighted by Gasteiger charge is 2.39. The van der Waals surface area contributed by atoms with Crippen LogP contribution in [0.2, 0.25) is 5.02 Å². The predicted octanol–water partition coefficient (Wildman–Crippen LogP) is 3.48. The van der Waals surface area contributed by atoms with Crippen LogP contribution in [0.25, 0.3) is 0 Å². The summed E-state index contributed by atoms with van der Waals surface area (Å²) in [5, 5.41) is 4.76. The third-order valence-electron chi connectivity index (χ3n) is 3.26. The van der Waals surface area contributed by atoms with Crippen LogP contribution in [0.3, 0.4) is 0 Å². The first-order chi connectivity index (χ1) is 11.9. The van der Waals surface area contributed by atoms with Gasteiger partial charge in [0.1, 0.15) is 0 Å². The molecule has 0 saturated heterocycles. The minimum atomic E-state index is -4.82. The average Bonchev–Trinajstić information content (AvgIpc) is 2.90. The van der Waals surface area contributed by atoms with Gasteiger partial charge in [-0.05, 0) is 6.07 Å². The number of hydrogen-bond acceptors (Lipinski definition) is 3. The van der Waals surface area contributed by atoms with Gasteiger partial charge >= 0.3 is 12.4 Å². The quantitative estimate of drug-likeness (QED) is 0.799. The molecule has 0 aliphatic carbocycles. The van der Waals surface area contributed by atoms with Gasteiger partial charge in [0.2, 0.25) is 0 Å². The van der Waals surface area contributed by atoms with E-state index in [-0.39, 0.29) is 18.7 Å². The highest BCUT2D eigenvalue weighted by Crippen LogP contribution is 2.35. The van der Waals surface area contributed by atoms with E-state index < -0.39 is 40.1 Å². The van der Waals surface area contributed by atoms with E-state index in [1.165, 1.54) is 7.05 Å². The zero-order valence-electron chi connectivity index (χ0n) is 13.0. The number of aryl methyl sites for hydroxylation is 1. The van der Waals surface area contributed by atoms with E-state index in [1.807, 2.05) is 0 Å². The van der Waals surface area contributed by atoms with Gasteiger partial charge in [0.05, 0.1) is 21.8 Å². The summed E-state index contributed by atoms with van der Waals surface area (Å²) < 4.78 is 77.6. The molecule has 0 fully saturated rings. The Morgan fingerprint density at radius 3 is 2.46 bits per heavy atom. The Bertz CT molecular complexity index is 815. The molecule has 0 radical (unpaired) electrons. The van der Waals surface area contributed by atoms with Gasteiger partial charge in [0.15, 0.2) is 5.69 Å². The summed E-state index contributed by atoms with van der Waals surface area (Å²) in [4.78, 5) is 15.6. The molecule has 0 aliphatic rings.